The van der Waals surface area contributed by atoms with Crippen molar-refractivity contribution in [1.82, 2.24) is 4.90 Å². The third kappa shape index (κ3) is 5.93. The molecule has 0 saturated carbocycles. The lowest BCUT2D eigenvalue weighted by molar-refractivity contribution is -0.123. The fourth-order valence-corrected chi connectivity index (χ4v) is 4.68. The summed E-state index contributed by atoms with van der Waals surface area (Å²) >= 11 is 18.9. The van der Waals surface area contributed by atoms with Gasteiger partial charge in [0.1, 0.15) is 12.4 Å². The molecule has 4 rings (SSSR count). The molecule has 1 fully saturated rings. The first kappa shape index (κ1) is 25.4. The summed E-state index contributed by atoms with van der Waals surface area (Å²) in [6.45, 7) is 0.198. The van der Waals surface area contributed by atoms with E-state index in [0.29, 0.717) is 32.7 Å². The average Bonchev–Trinajstić information content (AvgIpc) is 3.09. The molecule has 3 aromatic rings. The van der Waals surface area contributed by atoms with Gasteiger partial charge in [-0.1, -0.05) is 53.0 Å². The smallest absolute Gasteiger partial charge is 0.293 e. The predicted molar refractivity (Wildman–Crippen MR) is 137 cm³/mol. The van der Waals surface area contributed by atoms with Gasteiger partial charge in [0.25, 0.3) is 11.1 Å². The summed E-state index contributed by atoms with van der Waals surface area (Å²) in [5, 5.41) is 0.609. The summed E-state index contributed by atoms with van der Waals surface area (Å²) in [7, 11) is 1.51. The Balaban J connectivity index is 1.49. The van der Waals surface area contributed by atoms with Gasteiger partial charge in [-0.25, -0.2) is 4.39 Å². The maximum atomic E-state index is 13.3. The summed E-state index contributed by atoms with van der Waals surface area (Å²) < 4.78 is 24.6. The summed E-state index contributed by atoms with van der Waals surface area (Å²) in [5.74, 6) is -0.00339. The molecule has 2 amide bonds. The quantitative estimate of drug-likeness (QED) is 0.282. The molecular weight excluding hydrogens is 536 g/mol. The molecule has 5 nitrogen and oxygen atoms in total. The summed E-state index contributed by atoms with van der Waals surface area (Å²) in [5.41, 5.74) is 1.95. The van der Waals surface area contributed by atoms with Crippen molar-refractivity contribution in [1.29, 1.82) is 0 Å². The van der Waals surface area contributed by atoms with Gasteiger partial charge in [0.05, 0.1) is 28.6 Å². The number of hydrogen-bond donors (Lipinski definition) is 0. The number of amides is 2. The van der Waals surface area contributed by atoms with E-state index in [1.54, 1.807) is 36.4 Å². The fourth-order valence-electron chi connectivity index (χ4n) is 3.29. The van der Waals surface area contributed by atoms with Crippen LogP contribution in [0.15, 0.2) is 59.5 Å². The van der Waals surface area contributed by atoms with Crippen molar-refractivity contribution < 1.29 is 23.5 Å². The lowest BCUT2D eigenvalue weighted by Gasteiger charge is -2.13. The number of carbonyl (C=O) groups is 2. The zero-order valence-electron chi connectivity index (χ0n) is 18.2. The maximum Gasteiger partial charge on any atom is 0.293 e. The molecule has 0 unspecified atom stereocenters. The van der Waals surface area contributed by atoms with E-state index in [4.69, 9.17) is 44.3 Å². The van der Waals surface area contributed by atoms with Crippen LogP contribution in [0.25, 0.3) is 6.08 Å². The number of nitrogens with zero attached hydrogens (tertiary/aromatic N) is 1. The number of rotatable bonds is 7. The number of methoxy groups -OCH3 is 1. The normalized spacial score (nSPS) is 14.7. The summed E-state index contributed by atoms with van der Waals surface area (Å²) in [6.07, 6.45) is 1.60. The predicted octanol–water partition coefficient (Wildman–Crippen LogP) is 7.61. The Morgan fingerprint density at radius 2 is 1.74 bits per heavy atom. The van der Waals surface area contributed by atoms with Gasteiger partial charge in [0, 0.05) is 5.02 Å². The topological polar surface area (TPSA) is 55.8 Å². The van der Waals surface area contributed by atoms with E-state index in [0.717, 1.165) is 28.3 Å². The van der Waals surface area contributed by atoms with Gasteiger partial charge in [0.2, 0.25) is 0 Å². The van der Waals surface area contributed by atoms with Gasteiger partial charge in [-0.3, -0.25) is 14.5 Å². The van der Waals surface area contributed by atoms with Crippen molar-refractivity contribution in [3.05, 3.63) is 97.1 Å². The number of carbonyl (C=O) groups excluding carboxylic acids is 2. The van der Waals surface area contributed by atoms with Crippen molar-refractivity contribution in [3.8, 4) is 11.5 Å². The Labute approximate surface area is 220 Å². The zero-order chi connectivity index (χ0) is 25.1. The van der Waals surface area contributed by atoms with Crippen LogP contribution in [0.1, 0.15) is 16.7 Å². The minimum Gasteiger partial charge on any atom is -0.493 e. The highest BCUT2D eigenvalue weighted by Gasteiger charge is 2.35. The molecule has 0 bridgehead atoms. The average molecular weight is 553 g/mol. The molecule has 10 heteroatoms. The number of benzene rings is 3. The SMILES string of the molecule is COc1cc(/C=C2\SC(=O)N(Cc3ccc(F)cc3Cl)C2=O)ccc1OCc1ccc(Cl)c(Cl)c1. The first-order valence-corrected chi connectivity index (χ1v) is 12.1. The number of ether oxygens (including phenoxy) is 2. The molecule has 0 spiro atoms. The second kappa shape index (κ2) is 10.9. The standard InChI is InChI=1S/C25H17Cl3FNO4S/c1-33-22-9-14(3-7-21(22)34-13-15-2-6-18(26)20(28)8-15)10-23-24(31)30(25(32)35-23)12-16-4-5-17(29)11-19(16)27/h2-11H,12-13H2,1H3/b23-10-. The molecule has 3 aromatic carbocycles. The second-order valence-corrected chi connectivity index (χ2v) is 9.67. The number of imide groups is 1. The van der Waals surface area contributed by atoms with Crippen LogP contribution in [0.4, 0.5) is 9.18 Å². The van der Waals surface area contributed by atoms with Crippen molar-refractivity contribution in [3.63, 3.8) is 0 Å². The highest BCUT2D eigenvalue weighted by Crippen LogP contribution is 2.36. The minimum atomic E-state index is -0.494. The maximum absolute atomic E-state index is 13.3. The summed E-state index contributed by atoms with van der Waals surface area (Å²) in [6, 6.07) is 14.2. The fraction of sp³-hybridized carbons (Fsp3) is 0.120. The lowest BCUT2D eigenvalue weighted by atomic mass is 10.1. The van der Waals surface area contributed by atoms with Crippen LogP contribution < -0.4 is 9.47 Å². The highest BCUT2D eigenvalue weighted by atomic mass is 35.5. The number of halogens is 4. The molecule has 0 aromatic heterocycles. The van der Waals surface area contributed by atoms with Crippen molar-refractivity contribution in [2.75, 3.05) is 7.11 Å². The molecule has 0 aliphatic carbocycles. The van der Waals surface area contributed by atoms with Gasteiger partial charge < -0.3 is 9.47 Å². The monoisotopic (exact) mass is 551 g/mol. The van der Waals surface area contributed by atoms with Gasteiger partial charge in [-0.2, -0.15) is 0 Å². The van der Waals surface area contributed by atoms with Gasteiger partial charge in [-0.15, -0.1) is 0 Å². The van der Waals surface area contributed by atoms with Crippen LogP contribution in [0, 0.1) is 5.82 Å². The Hall–Kier alpha value is -2.71. The van der Waals surface area contributed by atoms with E-state index < -0.39 is 17.0 Å². The van der Waals surface area contributed by atoms with E-state index in [2.05, 4.69) is 0 Å². The first-order chi connectivity index (χ1) is 16.7. The van der Waals surface area contributed by atoms with Crippen LogP contribution in [0.3, 0.4) is 0 Å². The first-order valence-electron chi connectivity index (χ1n) is 10.2. The number of hydrogen-bond acceptors (Lipinski definition) is 5. The number of thioether (sulfide) groups is 1. The van der Waals surface area contributed by atoms with Crippen molar-refractivity contribution in [2.45, 2.75) is 13.2 Å². The van der Waals surface area contributed by atoms with E-state index in [-0.39, 0.29) is 23.1 Å². The Morgan fingerprint density at radius 1 is 0.943 bits per heavy atom. The Morgan fingerprint density at radius 3 is 2.46 bits per heavy atom. The zero-order valence-corrected chi connectivity index (χ0v) is 21.3. The Kier molecular flexibility index (Phi) is 7.91. The minimum absolute atomic E-state index is 0.0497. The molecule has 1 saturated heterocycles. The van der Waals surface area contributed by atoms with E-state index in [1.807, 2.05) is 6.07 Å². The Bertz CT molecular complexity index is 1350. The van der Waals surface area contributed by atoms with Gasteiger partial charge in [-0.05, 0) is 70.9 Å². The molecule has 35 heavy (non-hydrogen) atoms. The molecule has 1 heterocycles. The van der Waals surface area contributed by atoms with E-state index >= 15 is 0 Å². The van der Waals surface area contributed by atoms with Crippen molar-refractivity contribution in [2.24, 2.45) is 0 Å². The van der Waals surface area contributed by atoms with Gasteiger partial charge >= 0.3 is 0 Å². The van der Waals surface area contributed by atoms with Crippen LogP contribution >= 0.6 is 46.6 Å². The van der Waals surface area contributed by atoms with Crippen LogP contribution in [-0.2, 0) is 17.9 Å². The van der Waals surface area contributed by atoms with Crippen LogP contribution in [-0.4, -0.2) is 23.2 Å². The molecule has 0 atom stereocenters. The molecule has 0 N–H and O–H groups in total. The van der Waals surface area contributed by atoms with E-state index in [1.165, 1.54) is 19.2 Å². The highest BCUT2D eigenvalue weighted by molar-refractivity contribution is 8.18. The molecule has 180 valence electrons. The van der Waals surface area contributed by atoms with E-state index in [9.17, 15) is 14.0 Å². The lowest BCUT2D eigenvalue weighted by Crippen LogP contribution is -2.27. The van der Waals surface area contributed by atoms with Crippen molar-refractivity contribution >= 4 is 63.8 Å². The summed E-state index contributed by atoms with van der Waals surface area (Å²) in [4.78, 5) is 26.6. The van der Waals surface area contributed by atoms with Crippen LogP contribution in [0.2, 0.25) is 15.1 Å². The molecule has 1 aliphatic rings. The third-order valence-electron chi connectivity index (χ3n) is 5.08. The van der Waals surface area contributed by atoms with Crippen LogP contribution in [0.5, 0.6) is 11.5 Å². The second-order valence-electron chi connectivity index (χ2n) is 7.45. The third-order valence-corrected chi connectivity index (χ3v) is 7.08. The largest absolute Gasteiger partial charge is 0.493 e. The molecular formula is C25H17Cl3FNO4S. The molecule has 0 radical (unpaired) electrons. The molecule has 1 aliphatic heterocycles. The van der Waals surface area contributed by atoms with Gasteiger partial charge in [0.15, 0.2) is 11.5 Å².